The molecule has 0 bridgehead atoms. The van der Waals surface area contributed by atoms with Crippen LogP contribution in [0.4, 0.5) is 4.39 Å². The topological polar surface area (TPSA) is 35.5 Å². The molecule has 4 heteroatoms. The Morgan fingerprint density at radius 2 is 2.24 bits per heavy atom. The second kappa shape index (κ2) is 6.54. The van der Waals surface area contributed by atoms with Crippen LogP contribution in [0.2, 0.25) is 0 Å². The predicted octanol–water partition coefficient (Wildman–Crippen LogP) is 2.14. The van der Waals surface area contributed by atoms with Crippen LogP contribution in [0.25, 0.3) is 0 Å². The van der Waals surface area contributed by atoms with E-state index in [0.29, 0.717) is 12.2 Å². The lowest BCUT2D eigenvalue weighted by molar-refractivity contribution is -0.141. The van der Waals surface area contributed by atoms with Crippen LogP contribution in [-0.4, -0.2) is 19.7 Å². The Hall–Kier alpha value is -2.02. The first kappa shape index (κ1) is 13.0. The normalized spacial score (nSPS) is 9.12. The van der Waals surface area contributed by atoms with Crippen molar-refractivity contribution in [3.8, 4) is 17.6 Å². The number of methoxy groups -OCH3 is 1. The zero-order valence-corrected chi connectivity index (χ0v) is 9.75. The van der Waals surface area contributed by atoms with E-state index in [-0.39, 0.29) is 18.1 Å². The maximum Gasteiger partial charge on any atom is 0.317 e. The van der Waals surface area contributed by atoms with Crippen molar-refractivity contribution in [1.29, 1.82) is 0 Å². The summed E-state index contributed by atoms with van der Waals surface area (Å²) < 4.78 is 22.8. The van der Waals surface area contributed by atoms with Gasteiger partial charge < -0.3 is 9.47 Å². The molecule has 17 heavy (non-hydrogen) atoms. The lowest BCUT2D eigenvalue weighted by Gasteiger charge is -2.00. The third-order valence-electron chi connectivity index (χ3n) is 1.92. The first-order valence-electron chi connectivity index (χ1n) is 5.15. The third-order valence-corrected chi connectivity index (χ3v) is 1.92. The quantitative estimate of drug-likeness (QED) is 0.595. The smallest absolute Gasteiger partial charge is 0.317 e. The first-order valence-corrected chi connectivity index (χ1v) is 5.15. The molecule has 0 fully saturated rings. The predicted molar refractivity (Wildman–Crippen MR) is 61.1 cm³/mol. The van der Waals surface area contributed by atoms with Crippen molar-refractivity contribution in [3.63, 3.8) is 0 Å². The van der Waals surface area contributed by atoms with E-state index in [4.69, 9.17) is 9.47 Å². The van der Waals surface area contributed by atoms with Gasteiger partial charge in [-0.05, 0) is 25.1 Å². The molecule has 0 saturated heterocycles. The van der Waals surface area contributed by atoms with Gasteiger partial charge in [-0.25, -0.2) is 4.39 Å². The van der Waals surface area contributed by atoms with Crippen LogP contribution in [0, 0.1) is 17.7 Å². The van der Waals surface area contributed by atoms with E-state index in [9.17, 15) is 9.18 Å². The monoisotopic (exact) mass is 236 g/mol. The number of carbonyl (C=O) groups is 1. The van der Waals surface area contributed by atoms with Crippen molar-refractivity contribution in [3.05, 3.63) is 29.6 Å². The molecule has 0 amide bonds. The molecule has 0 atom stereocenters. The number of benzene rings is 1. The summed E-state index contributed by atoms with van der Waals surface area (Å²) in [5, 5.41) is 0. The van der Waals surface area contributed by atoms with Gasteiger partial charge in [0.25, 0.3) is 0 Å². The van der Waals surface area contributed by atoms with Crippen LogP contribution in [0.15, 0.2) is 18.2 Å². The SMILES string of the molecule is CCOC(=O)CC#Cc1ccc(OC)c(F)c1. The molecule has 0 aromatic heterocycles. The average Bonchev–Trinajstić information content (AvgIpc) is 2.29. The molecule has 0 heterocycles. The van der Waals surface area contributed by atoms with Gasteiger partial charge in [0, 0.05) is 5.56 Å². The number of esters is 1. The van der Waals surface area contributed by atoms with Gasteiger partial charge in [0.05, 0.1) is 13.7 Å². The van der Waals surface area contributed by atoms with E-state index >= 15 is 0 Å². The van der Waals surface area contributed by atoms with Gasteiger partial charge in [-0.15, -0.1) is 0 Å². The Labute approximate surface area is 99.5 Å². The zero-order valence-electron chi connectivity index (χ0n) is 9.75. The largest absolute Gasteiger partial charge is 0.494 e. The van der Waals surface area contributed by atoms with Gasteiger partial charge in [0.2, 0.25) is 0 Å². The highest BCUT2D eigenvalue weighted by atomic mass is 19.1. The third kappa shape index (κ3) is 4.15. The highest BCUT2D eigenvalue weighted by Gasteiger charge is 2.01. The Kier molecular flexibility index (Phi) is 5.02. The number of hydrogen-bond donors (Lipinski definition) is 0. The molecular formula is C13H13FO3. The fraction of sp³-hybridized carbons (Fsp3) is 0.308. The molecule has 3 nitrogen and oxygen atoms in total. The Balaban J connectivity index is 2.66. The zero-order chi connectivity index (χ0) is 12.7. The van der Waals surface area contributed by atoms with Crippen molar-refractivity contribution in [2.75, 3.05) is 13.7 Å². The van der Waals surface area contributed by atoms with Gasteiger partial charge in [-0.2, -0.15) is 0 Å². The molecule has 0 saturated carbocycles. The summed E-state index contributed by atoms with van der Waals surface area (Å²) in [7, 11) is 1.39. The number of rotatable bonds is 3. The van der Waals surface area contributed by atoms with Crippen molar-refractivity contribution >= 4 is 5.97 Å². The number of carbonyl (C=O) groups excluding carboxylic acids is 1. The van der Waals surface area contributed by atoms with E-state index in [1.165, 1.54) is 19.2 Å². The van der Waals surface area contributed by atoms with Gasteiger partial charge in [-0.1, -0.05) is 11.8 Å². The Morgan fingerprint density at radius 3 is 2.82 bits per heavy atom. The summed E-state index contributed by atoms with van der Waals surface area (Å²) in [5.74, 6) is 4.61. The van der Waals surface area contributed by atoms with Crippen molar-refractivity contribution in [2.45, 2.75) is 13.3 Å². The highest BCUT2D eigenvalue weighted by Crippen LogP contribution is 2.16. The minimum atomic E-state index is -0.476. The summed E-state index contributed by atoms with van der Waals surface area (Å²) in [5.41, 5.74) is 0.493. The minimum Gasteiger partial charge on any atom is -0.494 e. The van der Waals surface area contributed by atoms with Crippen molar-refractivity contribution in [1.82, 2.24) is 0 Å². The van der Waals surface area contributed by atoms with Crippen LogP contribution < -0.4 is 4.74 Å². The van der Waals surface area contributed by atoms with Gasteiger partial charge in [0.1, 0.15) is 6.42 Å². The summed E-state index contributed by atoms with van der Waals surface area (Å²) in [6, 6.07) is 4.38. The summed E-state index contributed by atoms with van der Waals surface area (Å²) in [4.78, 5) is 11.0. The number of ether oxygens (including phenoxy) is 2. The van der Waals surface area contributed by atoms with E-state index in [2.05, 4.69) is 11.8 Å². The molecule has 90 valence electrons. The summed E-state index contributed by atoms with van der Waals surface area (Å²) in [6.45, 7) is 2.06. The average molecular weight is 236 g/mol. The lowest BCUT2D eigenvalue weighted by atomic mass is 10.2. The van der Waals surface area contributed by atoms with Crippen molar-refractivity contribution in [2.24, 2.45) is 0 Å². The summed E-state index contributed by atoms with van der Waals surface area (Å²) in [6.07, 6.45) is 0.00148. The molecule has 1 aromatic rings. The number of hydrogen-bond acceptors (Lipinski definition) is 3. The van der Waals surface area contributed by atoms with E-state index < -0.39 is 5.82 Å². The van der Waals surface area contributed by atoms with Crippen LogP contribution in [0.1, 0.15) is 18.9 Å². The van der Waals surface area contributed by atoms with Crippen molar-refractivity contribution < 1.29 is 18.7 Å². The van der Waals surface area contributed by atoms with E-state index in [0.717, 1.165) is 0 Å². The molecule has 1 aromatic carbocycles. The summed E-state index contributed by atoms with van der Waals surface area (Å²) >= 11 is 0. The second-order valence-corrected chi connectivity index (χ2v) is 3.13. The fourth-order valence-electron chi connectivity index (χ4n) is 1.17. The Morgan fingerprint density at radius 1 is 1.47 bits per heavy atom. The molecule has 0 spiro atoms. The maximum absolute atomic E-state index is 13.3. The van der Waals surface area contributed by atoms with Crippen LogP contribution >= 0.6 is 0 Å². The van der Waals surface area contributed by atoms with Gasteiger partial charge in [0.15, 0.2) is 11.6 Å². The highest BCUT2D eigenvalue weighted by molar-refractivity contribution is 5.72. The van der Waals surface area contributed by atoms with Gasteiger partial charge in [-0.3, -0.25) is 4.79 Å². The molecule has 0 unspecified atom stereocenters. The molecule has 0 aliphatic carbocycles. The first-order chi connectivity index (χ1) is 8.17. The minimum absolute atomic E-state index is 0.00148. The van der Waals surface area contributed by atoms with E-state index in [1.54, 1.807) is 13.0 Å². The van der Waals surface area contributed by atoms with Crippen LogP contribution in [-0.2, 0) is 9.53 Å². The second-order valence-electron chi connectivity index (χ2n) is 3.13. The molecule has 0 aliphatic rings. The fourth-order valence-corrected chi connectivity index (χ4v) is 1.17. The van der Waals surface area contributed by atoms with Crippen LogP contribution in [0.3, 0.4) is 0 Å². The van der Waals surface area contributed by atoms with Gasteiger partial charge >= 0.3 is 5.97 Å². The molecule has 1 rings (SSSR count). The molecule has 0 radical (unpaired) electrons. The number of halogens is 1. The lowest BCUT2D eigenvalue weighted by Crippen LogP contribution is -2.01. The molecule has 0 aliphatic heterocycles. The maximum atomic E-state index is 13.3. The van der Waals surface area contributed by atoms with Crippen LogP contribution in [0.5, 0.6) is 5.75 Å². The standard InChI is InChI=1S/C13H13FO3/c1-3-17-13(15)6-4-5-10-7-8-12(16-2)11(14)9-10/h7-9H,3,6H2,1-2H3. The molecular weight excluding hydrogens is 223 g/mol. The molecule has 0 N–H and O–H groups in total. The Bertz CT molecular complexity index is 457. The van der Waals surface area contributed by atoms with E-state index in [1.807, 2.05) is 0 Å².